The van der Waals surface area contributed by atoms with Gasteiger partial charge in [0.15, 0.2) is 5.78 Å². The Morgan fingerprint density at radius 3 is 2.09 bits per heavy atom. The zero-order valence-electron chi connectivity index (χ0n) is 24.8. The van der Waals surface area contributed by atoms with Gasteiger partial charge in [-0.05, 0) is 72.5 Å². The summed E-state index contributed by atoms with van der Waals surface area (Å²) in [5, 5.41) is 26.5. The van der Waals surface area contributed by atoms with Crippen molar-refractivity contribution in [2.75, 3.05) is 10.6 Å². The fourth-order valence-corrected chi connectivity index (χ4v) is 7.27. The average Bonchev–Trinajstić information content (AvgIpc) is 3.37. The Kier molecular flexibility index (Phi) is 8.01. The van der Waals surface area contributed by atoms with Gasteiger partial charge in [0.25, 0.3) is 20.2 Å². The number of carboxylic acids is 1. The molecule has 1 aliphatic carbocycles. The molecule has 2 aromatic rings. The molecule has 2 atom stereocenters. The predicted octanol–water partition coefficient (Wildman–Crippen LogP) is 4.88. The second-order valence-electron chi connectivity index (χ2n) is 12.3. The first-order valence-electron chi connectivity index (χ1n) is 14.3. The Balaban J connectivity index is 1.46. The summed E-state index contributed by atoms with van der Waals surface area (Å²) in [6.45, 7) is 5.51. The van der Waals surface area contributed by atoms with Crippen LogP contribution in [0.5, 0.6) is 0 Å². The SMILES string of the molecule is CC1(C)/C(=C\C2=C(O)C(=C\C3Nc4ccc(S(=O)(=O)O)cc4C3(C)CCCCCC(=O)O)/C2=O)Nc2ccc(S(=O)(=O)O)cc21. The van der Waals surface area contributed by atoms with Gasteiger partial charge in [-0.1, -0.05) is 33.6 Å². The van der Waals surface area contributed by atoms with Crippen LogP contribution in [0.15, 0.2) is 80.9 Å². The van der Waals surface area contributed by atoms with Gasteiger partial charge in [0.2, 0.25) is 0 Å². The highest BCUT2D eigenvalue weighted by molar-refractivity contribution is 7.86. The highest BCUT2D eigenvalue weighted by Gasteiger charge is 2.45. The Morgan fingerprint density at radius 2 is 1.51 bits per heavy atom. The van der Waals surface area contributed by atoms with Gasteiger partial charge in [-0.3, -0.25) is 18.7 Å². The summed E-state index contributed by atoms with van der Waals surface area (Å²) >= 11 is 0. The Morgan fingerprint density at radius 1 is 0.911 bits per heavy atom. The van der Waals surface area contributed by atoms with Crippen LogP contribution in [0.4, 0.5) is 11.4 Å². The van der Waals surface area contributed by atoms with Crippen molar-refractivity contribution in [2.24, 2.45) is 0 Å². The van der Waals surface area contributed by atoms with Gasteiger partial charge < -0.3 is 20.8 Å². The number of carboxylic acid groups (broad SMARTS) is 1. The smallest absolute Gasteiger partial charge is 0.303 e. The summed E-state index contributed by atoms with van der Waals surface area (Å²) in [4.78, 5) is 23.8. The summed E-state index contributed by atoms with van der Waals surface area (Å²) in [5.41, 5.74) is 1.49. The van der Waals surface area contributed by atoms with Crippen LogP contribution in [-0.4, -0.2) is 53.9 Å². The molecule has 45 heavy (non-hydrogen) atoms. The van der Waals surface area contributed by atoms with E-state index in [4.69, 9.17) is 5.11 Å². The van der Waals surface area contributed by atoms with Gasteiger partial charge in [0, 0.05) is 34.3 Å². The number of carbonyl (C=O) groups is 2. The third-order valence-electron chi connectivity index (χ3n) is 9.01. The molecule has 0 spiro atoms. The maximum Gasteiger partial charge on any atom is 0.303 e. The first-order chi connectivity index (χ1) is 20.8. The number of unbranched alkanes of at least 4 members (excludes halogenated alkanes) is 2. The highest BCUT2D eigenvalue weighted by Crippen LogP contribution is 2.48. The van der Waals surface area contributed by atoms with E-state index in [-0.39, 0.29) is 33.1 Å². The third-order valence-corrected chi connectivity index (χ3v) is 10.7. The Hall–Kier alpha value is -3.98. The van der Waals surface area contributed by atoms with Crippen molar-refractivity contribution in [2.45, 2.75) is 79.5 Å². The molecule has 0 radical (unpaired) electrons. The molecule has 240 valence electrons. The number of ketones is 1. The van der Waals surface area contributed by atoms with Gasteiger partial charge in [-0.2, -0.15) is 16.8 Å². The van der Waals surface area contributed by atoms with Crippen molar-refractivity contribution in [1.29, 1.82) is 0 Å². The molecule has 5 rings (SSSR count). The van der Waals surface area contributed by atoms with E-state index in [0.29, 0.717) is 53.9 Å². The minimum Gasteiger partial charge on any atom is -0.506 e. The fourth-order valence-electron chi connectivity index (χ4n) is 6.25. The van der Waals surface area contributed by atoms with Crippen molar-refractivity contribution < 1.29 is 45.7 Å². The van der Waals surface area contributed by atoms with E-state index in [2.05, 4.69) is 10.6 Å². The van der Waals surface area contributed by atoms with Gasteiger partial charge in [-0.15, -0.1) is 0 Å². The summed E-state index contributed by atoms with van der Waals surface area (Å²) in [6, 6.07) is 7.78. The quantitative estimate of drug-likeness (QED) is 0.115. The van der Waals surface area contributed by atoms with E-state index in [9.17, 15) is 40.6 Å². The van der Waals surface area contributed by atoms with E-state index in [0.717, 1.165) is 0 Å². The van der Waals surface area contributed by atoms with Crippen LogP contribution in [0, 0.1) is 0 Å². The minimum atomic E-state index is -4.49. The van der Waals surface area contributed by atoms with Crippen LogP contribution in [0.1, 0.15) is 64.0 Å². The molecule has 2 unspecified atom stereocenters. The number of fused-ring (bicyclic) bond motifs is 2. The molecule has 0 saturated carbocycles. The molecule has 0 aromatic heterocycles. The second-order valence-corrected chi connectivity index (χ2v) is 15.2. The lowest BCUT2D eigenvalue weighted by molar-refractivity contribution is -0.137. The monoisotopic (exact) mass is 658 g/mol. The minimum absolute atomic E-state index is 0.0236. The van der Waals surface area contributed by atoms with Gasteiger partial charge in [-0.25, -0.2) is 0 Å². The van der Waals surface area contributed by atoms with E-state index in [1.54, 1.807) is 6.08 Å². The van der Waals surface area contributed by atoms with Crippen molar-refractivity contribution in [3.05, 3.63) is 82.3 Å². The number of aliphatic hydroxyl groups excluding tert-OH is 1. The number of aliphatic hydroxyl groups is 1. The molecule has 14 heteroatoms. The molecular formula is C31H34N2O10S2. The van der Waals surface area contributed by atoms with Gasteiger partial charge >= 0.3 is 5.97 Å². The number of aliphatic carboxylic acids is 1. The van der Waals surface area contributed by atoms with Crippen LogP contribution < -0.4 is 10.6 Å². The largest absolute Gasteiger partial charge is 0.506 e. The maximum atomic E-state index is 13.4. The highest BCUT2D eigenvalue weighted by atomic mass is 32.2. The number of carbonyl (C=O) groups excluding carboxylic acids is 1. The molecule has 0 saturated heterocycles. The van der Waals surface area contributed by atoms with Crippen LogP contribution in [-0.2, 0) is 40.7 Å². The first kappa shape index (κ1) is 32.4. The molecule has 12 nitrogen and oxygen atoms in total. The molecule has 2 aliphatic heterocycles. The van der Waals surface area contributed by atoms with Crippen LogP contribution in [0.25, 0.3) is 0 Å². The lowest BCUT2D eigenvalue weighted by Crippen LogP contribution is -2.36. The van der Waals surface area contributed by atoms with E-state index in [1.165, 1.54) is 42.5 Å². The zero-order valence-corrected chi connectivity index (χ0v) is 26.4. The van der Waals surface area contributed by atoms with Crippen molar-refractivity contribution in [3.63, 3.8) is 0 Å². The molecule has 2 heterocycles. The zero-order chi connectivity index (χ0) is 33.1. The second kappa shape index (κ2) is 11.1. The number of hydrogen-bond acceptors (Lipinski definition) is 9. The summed E-state index contributed by atoms with van der Waals surface area (Å²) in [5.74, 6) is -1.55. The number of nitrogens with one attached hydrogen (secondary N) is 2. The third kappa shape index (κ3) is 5.90. The number of benzene rings is 2. The van der Waals surface area contributed by atoms with Crippen molar-refractivity contribution in [1.82, 2.24) is 0 Å². The number of hydrogen-bond donors (Lipinski definition) is 6. The molecule has 0 amide bonds. The van der Waals surface area contributed by atoms with Crippen LogP contribution >= 0.6 is 0 Å². The fraction of sp³-hybridized carbons (Fsp3) is 0.355. The van der Waals surface area contributed by atoms with Gasteiger partial charge in [0.05, 0.1) is 27.0 Å². The maximum absolute atomic E-state index is 13.4. The normalized spacial score (nSPS) is 23.8. The number of rotatable bonds is 10. The van der Waals surface area contributed by atoms with Crippen molar-refractivity contribution >= 4 is 43.4 Å². The molecule has 6 N–H and O–H groups in total. The molecule has 0 fully saturated rings. The standard InChI is InChI=1S/C31H34N2O10S2/c1-30(2)21-13-17(44(38,39)40)8-10-23(21)32-25(30)15-19-28(36)20(29(19)37)16-26-31(3,12-6-4-5-7-27(34)35)22-14-18(45(41,42)43)9-11-24(22)33-26/h8-11,13-16,26,32-33,36H,4-7,12H2,1-3H3,(H,34,35)(H,38,39,40)(H,41,42,43)/b20-16+,25-15+. The van der Waals surface area contributed by atoms with Crippen LogP contribution in [0.3, 0.4) is 0 Å². The Labute approximate surface area is 261 Å². The topological polar surface area (TPSA) is 207 Å². The van der Waals surface area contributed by atoms with E-state index >= 15 is 0 Å². The summed E-state index contributed by atoms with van der Waals surface area (Å²) in [7, 11) is -8.91. The van der Waals surface area contributed by atoms with Gasteiger partial charge in [0.1, 0.15) is 5.76 Å². The molecule has 2 aromatic carbocycles. The number of anilines is 2. The lowest BCUT2D eigenvalue weighted by Gasteiger charge is -2.32. The number of Topliss-reactive ketones (excluding diaryl/α,β-unsaturated/α-hetero) is 1. The summed E-state index contributed by atoms with van der Waals surface area (Å²) in [6.07, 6.45) is 5.31. The summed E-state index contributed by atoms with van der Waals surface area (Å²) < 4.78 is 66.3. The predicted molar refractivity (Wildman–Crippen MR) is 165 cm³/mol. The van der Waals surface area contributed by atoms with E-state index in [1.807, 2.05) is 20.8 Å². The molecule has 0 bridgehead atoms. The molecule has 3 aliphatic rings. The van der Waals surface area contributed by atoms with Crippen molar-refractivity contribution in [3.8, 4) is 0 Å². The number of allylic oxidation sites excluding steroid dienone is 4. The lowest BCUT2D eigenvalue weighted by atomic mass is 9.72. The van der Waals surface area contributed by atoms with E-state index < -0.39 is 48.9 Å². The Bertz CT molecular complexity index is 1940. The first-order valence-corrected chi connectivity index (χ1v) is 17.1. The van der Waals surface area contributed by atoms with Crippen LogP contribution in [0.2, 0.25) is 0 Å². The molecular weight excluding hydrogens is 624 g/mol. The average molecular weight is 659 g/mol.